The molecule has 29 heavy (non-hydrogen) atoms. The van der Waals surface area contributed by atoms with Gasteiger partial charge in [0, 0.05) is 11.6 Å². The number of furan rings is 1. The molecule has 1 aliphatic rings. The molecule has 0 atom stereocenters. The predicted octanol–water partition coefficient (Wildman–Crippen LogP) is 4.84. The van der Waals surface area contributed by atoms with Gasteiger partial charge in [-0.1, -0.05) is 30.3 Å². The van der Waals surface area contributed by atoms with Crippen molar-refractivity contribution in [1.29, 1.82) is 0 Å². The first-order valence-corrected chi connectivity index (χ1v) is 9.60. The maximum Gasteiger partial charge on any atom is 0.335 e. The van der Waals surface area contributed by atoms with Crippen molar-refractivity contribution in [3.8, 4) is 11.3 Å². The maximum absolute atomic E-state index is 12.3. The van der Waals surface area contributed by atoms with E-state index in [1.165, 1.54) is 17.8 Å². The minimum Gasteiger partial charge on any atom is -0.478 e. The van der Waals surface area contributed by atoms with Crippen molar-refractivity contribution in [3.63, 3.8) is 0 Å². The van der Waals surface area contributed by atoms with Gasteiger partial charge in [0.1, 0.15) is 11.5 Å². The summed E-state index contributed by atoms with van der Waals surface area (Å²) in [6.45, 7) is 1.96. The van der Waals surface area contributed by atoms with Crippen LogP contribution in [0, 0.1) is 6.92 Å². The Balaban J connectivity index is 1.56. The second kappa shape index (κ2) is 7.81. The summed E-state index contributed by atoms with van der Waals surface area (Å²) in [6.07, 6.45) is 1.64. The number of aliphatic imine (C=N–C) groups is 1. The molecule has 0 unspecified atom stereocenters. The Bertz CT molecular complexity index is 1180. The van der Waals surface area contributed by atoms with E-state index in [-0.39, 0.29) is 11.5 Å². The fraction of sp³-hybridized carbons (Fsp3) is 0.0455. The van der Waals surface area contributed by atoms with E-state index in [9.17, 15) is 9.59 Å². The summed E-state index contributed by atoms with van der Waals surface area (Å²) in [6, 6.07) is 17.7. The SMILES string of the molecule is Cc1ccccc1N=C1NC(=O)/C(=C/c2ccc(-c3cccc(C(=O)O)c3)o2)S1. The number of amides is 1. The second-order valence-electron chi connectivity index (χ2n) is 6.36. The summed E-state index contributed by atoms with van der Waals surface area (Å²) < 4.78 is 5.78. The van der Waals surface area contributed by atoms with Crippen LogP contribution in [0.3, 0.4) is 0 Å². The number of carboxylic acid groups (broad SMARTS) is 1. The van der Waals surface area contributed by atoms with Gasteiger partial charge in [-0.15, -0.1) is 0 Å². The van der Waals surface area contributed by atoms with E-state index in [0.717, 1.165) is 11.3 Å². The van der Waals surface area contributed by atoms with E-state index in [0.29, 0.717) is 27.2 Å². The Morgan fingerprint density at radius 3 is 2.76 bits per heavy atom. The summed E-state index contributed by atoms with van der Waals surface area (Å²) in [5, 5.41) is 12.4. The molecule has 0 saturated carbocycles. The number of hydrogen-bond acceptors (Lipinski definition) is 5. The van der Waals surface area contributed by atoms with Gasteiger partial charge in [-0.2, -0.15) is 0 Å². The third-order valence-electron chi connectivity index (χ3n) is 4.28. The molecular formula is C22H16N2O4S. The molecular weight excluding hydrogens is 388 g/mol. The van der Waals surface area contributed by atoms with Crippen molar-refractivity contribution in [2.45, 2.75) is 6.92 Å². The molecule has 0 radical (unpaired) electrons. The fourth-order valence-corrected chi connectivity index (χ4v) is 3.61. The maximum atomic E-state index is 12.3. The van der Waals surface area contributed by atoms with Crippen molar-refractivity contribution < 1.29 is 19.1 Å². The largest absolute Gasteiger partial charge is 0.478 e. The average molecular weight is 404 g/mol. The third kappa shape index (κ3) is 4.14. The van der Waals surface area contributed by atoms with Crippen molar-refractivity contribution >= 4 is 40.6 Å². The lowest BCUT2D eigenvalue weighted by atomic mass is 10.1. The molecule has 2 heterocycles. The first-order valence-electron chi connectivity index (χ1n) is 8.78. The standard InChI is InChI=1S/C22H16N2O4S/c1-13-5-2-3-8-17(13)23-22-24-20(25)19(29-22)12-16-9-10-18(28-16)14-6-4-7-15(11-14)21(26)27/h2-12H,1H3,(H,26,27)(H,23,24,25)/b19-12-. The Labute approximate surface area is 171 Å². The summed E-state index contributed by atoms with van der Waals surface area (Å²) in [5.41, 5.74) is 2.66. The van der Waals surface area contributed by atoms with Crippen LogP contribution in [-0.2, 0) is 4.79 Å². The quantitative estimate of drug-likeness (QED) is 0.607. The van der Waals surface area contributed by atoms with Crippen LogP contribution in [0.5, 0.6) is 0 Å². The molecule has 1 fully saturated rings. The van der Waals surface area contributed by atoms with E-state index in [4.69, 9.17) is 9.52 Å². The molecule has 1 aliphatic heterocycles. The first-order chi connectivity index (χ1) is 14.0. The van der Waals surface area contributed by atoms with Crippen molar-refractivity contribution in [2.24, 2.45) is 4.99 Å². The summed E-state index contributed by atoms with van der Waals surface area (Å²) in [4.78, 5) is 28.4. The van der Waals surface area contributed by atoms with E-state index >= 15 is 0 Å². The van der Waals surface area contributed by atoms with Crippen LogP contribution in [0.4, 0.5) is 5.69 Å². The Morgan fingerprint density at radius 2 is 1.97 bits per heavy atom. The first kappa shape index (κ1) is 18.8. The number of aryl methyl sites for hydroxylation is 1. The van der Waals surface area contributed by atoms with Gasteiger partial charge in [0.15, 0.2) is 5.17 Å². The number of carbonyl (C=O) groups excluding carboxylic acids is 1. The van der Waals surface area contributed by atoms with Gasteiger partial charge in [-0.3, -0.25) is 4.79 Å². The highest BCUT2D eigenvalue weighted by atomic mass is 32.2. The molecule has 144 valence electrons. The molecule has 1 saturated heterocycles. The van der Waals surface area contributed by atoms with Crippen LogP contribution in [0.15, 0.2) is 75.0 Å². The second-order valence-corrected chi connectivity index (χ2v) is 7.39. The number of para-hydroxylation sites is 1. The zero-order valence-corrected chi connectivity index (χ0v) is 16.2. The zero-order chi connectivity index (χ0) is 20.4. The molecule has 2 N–H and O–H groups in total. The number of thioether (sulfide) groups is 1. The number of aromatic carboxylic acids is 1. The fourth-order valence-electron chi connectivity index (χ4n) is 2.80. The molecule has 1 amide bonds. The average Bonchev–Trinajstić information content (AvgIpc) is 3.31. The zero-order valence-electron chi connectivity index (χ0n) is 15.4. The number of nitrogens with zero attached hydrogens (tertiary/aromatic N) is 1. The van der Waals surface area contributed by atoms with E-state index in [1.54, 1.807) is 36.4 Å². The lowest BCUT2D eigenvalue weighted by Gasteiger charge is -1.99. The molecule has 7 heteroatoms. The molecule has 0 aliphatic carbocycles. The number of carbonyl (C=O) groups is 2. The van der Waals surface area contributed by atoms with Gasteiger partial charge in [0.05, 0.1) is 16.2 Å². The van der Waals surface area contributed by atoms with Crippen LogP contribution in [0.2, 0.25) is 0 Å². The topological polar surface area (TPSA) is 91.9 Å². The van der Waals surface area contributed by atoms with Crippen LogP contribution in [0.1, 0.15) is 21.7 Å². The molecule has 1 aromatic heterocycles. The summed E-state index contributed by atoms with van der Waals surface area (Å²) in [7, 11) is 0. The van der Waals surface area contributed by atoms with Gasteiger partial charge >= 0.3 is 5.97 Å². The van der Waals surface area contributed by atoms with Crippen LogP contribution in [0.25, 0.3) is 17.4 Å². The molecule has 6 nitrogen and oxygen atoms in total. The normalized spacial score (nSPS) is 16.4. The van der Waals surface area contributed by atoms with Crippen molar-refractivity contribution in [2.75, 3.05) is 0 Å². The molecule has 2 aromatic carbocycles. The van der Waals surface area contributed by atoms with E-state index in [1.807, 2.05) is 31.2 Å². The Morgan fingerprint density at radius 1 is 1.14 bits per heavy atom. The predicted molar refractivity (Wildman–Crippen MR) is 113 cm³/mol. The van der Waals surface area contributed by atoms with Crippen molar-refractivity contribution in [3.05, 3.63) is 82.5 Å². The van der Waals surface area contributed by atoms with Crippen molar-refractivity contribution in [1.82, 2.24) is 5.32 Å². The van der Waals surface area contributed by atoms with Crippen LogP contribution in [-0.4, -0.2) is 22.2 Å². The van der Waals surface area contributed by atoms with E-state index in [2.05, 4.69) is 10.3 Å². The Kier molecular flexibility index (Phi) is 5.05. The Hall–Kier alpha value is -3.58. The third-order valence-corrected chi connectivity index (χ3v) is 5.19. The number of rotatable bonds is 4. The van der Waals surface area contributed by atoms with E-state index < -0.39 is 5.97 Å². The minimum absolute atomic E-state index is 0.182. The lowest BCUT2D eigenvalue weighted by Crippen LogP contribution is -2.19. The molecule has 4 rings (SSSR count). The van der Waals surface area contributed by atoms with Gasteiger partial charge < -0.3 is 14.8 Å². The lowest BCUT2D eigenvalue weighted by molar-refractivity contribution is -0.115. The van der Waals surface area contributed by atoms with Crippen LogP contribution < -0.4 is 5.32 Å². The summed E-state index contributed by atoms with van der Waals surface area (Å²) in [5.74, 6) is -0.221. The number of carboxylic acids is 1. The monoisotopic (exact) mass is 404 g/mol. The number of hydrogen-bond donors (Lipinski definition) is 2. The smallest absolute Gasteiger partial charge is 0.335 e. The van der Waals surface area contributed by atoms with Gasteiger partial charge in [-0.25, -0.2) is 9.79 Å². The highest BCUT2D eigenvalue weighted by Gasteiger charge is 2.24. The molecule has 0 spiro atoms. The highest BCUT2D eigenvalue weighted by molar-refractivity contribution is 8.18. The number of nitrogens with one attached hydrogen (secondary N) is 1. The number of benzene rings is 2. The van der Waals surface area contributed by atoms with Gasteiger partial charge in [0.2, 0.25) is 0 Å². The van der Waals surface area contributed by atoms with Gasteiger partial charge in [0.25, 0.3) is 5.91 Å². The highest BCUT2D eigenvalue weighted by Crippen LogP contribution is 2.30. The molecule has 0 bridgehead atoms. The molecule has 3 aromatic rings. The number of amidine groups is 1. The summed E-state index contributed by atoms with van der Waals surface area (Å²) >= 11 is 1.24. The van der Waals surface area contributed by atoms with Gasteiger partial charge in [-0.05, 0) is 54.6 Å². The van der Waals surface area contributed by atoms with Crippen LogP contribution >= 0.6 is 11.8 Å². The minimum atomic E-state index is -1.000.